The lowest BCUT2D eigenvalue weighted by molar-refractivity contribution is -0.0234. The van der Waals surface area contributed by atoms with E-state index in [-0.39, 0.29) is 6.04 Å². The minimum Gasteiger partial charge on any atom is -0.384 e. The molecule has 2 rings (SSSR count). The van der Waals surface area contributed by atoms with Crippen LogP contribution in [0.3, 0.4) is 0 Å². The highest BCUT2D eigenvalue weighted by Crippen LogP contribution is 2.41. The van der Waals surface area contributed by atoms with Gasteiger partial charge in [0.05, 0.1) is 0 Å². The Hall–Kier alpha value is -0.860. The third kappa shape index (κ3) is 1.87. The van der Waals surface area contributed by atoms with Crippen LogP contribution in [0.2, 0.25) is 0 Å². The van der Waals surface area contributed by atoms with E-state index in [4.69, 9.17) is 0 Å². The number of benzene rings is 1. The lowest BCUT2D eigenvalue weighted by atomic mass is 9.88. The fourth-order valence-electron chi connectivity index (χ4n) is 2.84. The van der Waals surface area contributed by atoms with E-state index >= 15 is 0 Å². The molecular weight excluding hydrogens is 198 g/mol. The van der Waals surface area contributed by atoms with Crippen LogP contribution in [-0.4, -0.2) is 29.6 Å². The molecule has 0 radical (unpaired) electrons. The number of aliphatic hydroxyl groups is 1. The van der Waals surface area contributed by atoms with Crippen LogP contribution in [0.1, 0.15) is 31.7 Å². The molecule has 1 saturated carbocycles. The standard InChI is InChI=1S/C14H21NO/c1-3-15(2)13-10-7-11-14(13,16)12-8-5-4-6-9-12/h4-6,8-9,13,16H,3,7,10-11H2,1-2H3/t13-,14?/m1/s1. The first-order valence-corrected chi connectivity index (χ1v) is 6.16. The molecule has 88 valence electrons. The third-order valence-corrected chi connectivity index (χ3v) is 3.89. The normalized spacial score (nSPS) is 29.9. The Labute approximate surface area is 97.9 Å². The highest BCUT2D eigenvalue weighted by Gasteiger charge is 2.43. The molecule has 2 heteroatoms. The molecule has 0 aromatic heterocycles. The topological polar surface area (TPSA) is 23.5 Å². The first kappa shape index (κ1) is 11.6. The summed E-state index contributed by atoms with van der Waals surface area (Å²) >= 11 is 0. The van der Waals surface area contributed by atoms with Crippen LogP contribution < -0.4 is 0 Å². The van der Waals surface area contributed by atoms with E-state index in [1.165, 1.54) is 0 Å². The maximum Gasteiger partial charge on any atom is 0.105 e. The van der Waals surface area contributed by atoms with Gasteiger partial charge in [-0.05, 0) is 38.4 Å². The summed E-state index contributed by atoms with van der Waals surface area (Å²) in [5.41, 5.74) is 0.421. The quantitative estimate of drug-likeness (QED) is 0.843. The minimum atomic E-state index is -0.647. The molecule has 16 heavy (non-hydrogen) atoms. The fraction of sp³-hybridized carbons (Fsp3) is 0.571. The summed E-state index contributed by atoms with van der Waals surface area (Å²) in [6.07, 6.45) is 3.09. The van der Waals surface area contributed by atoms with Gasteiger partial charge in [0.25, 0.3) is 0 Å². The van der Waals surface area contributed by atoms with Crippen molar-refractivity contribution in [2.24, 2.45) is 0 Å². The highest BCUT2D eigenvalue weighted by molar-refractivity contribution is 5.26. The van der Waals surface area contributed by atoms with Gasteiger partial charge in [0.1, 0.15) is 5.60 Å². The lowest BCUT2D eigenvalue weighted by Gasteiger charge is -2.36. The SMILES string of the molecule is CCN(C)[C@@H]1CCCC1(O)c1ccccc1. The van der Waals surface area contributed by atoms with Crippen LogP contribution in [0, 0.1) is 0 Å². The molecule has 1 aromatic rings. The molecule has 0 spiro atoms. The molecule has 1 aliphatic carbocycles. The molecule has 1 aliphatic rings. The number of nitrogens with zero attached hydrogens (tertiary/aromatic N) is 1. The highest BCUT2D eigenvalue weighted by atomic mass is 16.3. The van der Waals surface area contributed by atoms with Gasteiger partial charge in [0.15, 0.2) is 0 Å². The molecule has 1 aromatic carbocycles. The molecule has 1 N–H and O–H groups in total. The molecule has 0 aliphatic heterocycles. The summed E-state index contributed by atoms with van der Waals surface area (Å²) in [7, 11) is 2.10. The molecule has 0 heterocycles. The van der Waals surface area contributed by atoms with Gasteiger partial charge in [-0.2, -0.15) is 0 Å². The number of hydrogen-bond acceptors (Lipinski definition) is 2. The summed E-state index contributed by atoms with van der Waals surface area (Å²) in [6.45, 7) is 3.13. The van der Waals surface area contributed by atoms with Gasteiger partial charge in [0.2, 0.25) is 0 Å². The van der Waals surface area contributed by atoms with Gasteiger partial charge in [-0.3, -0.25) is 0 Å². The van der Waals surface area contributed by atoms with Crippen LogP contribution >= 0.6 is 0 Å². The van der Waals surface area contributed by atoms with Crippen molar-refractivity contribution in [1.82, 2.24) is 4.90 Å². The lowest BCUT2D eigenvalue weighted by Crippen LogP contribution is -2.45. The zero-order valence-electron chi connectivity index (χ0n) is 10.2. The summed E-state index contributed by atoms with van der Waals surface area (Å²) < 4.78 is 0. The van der Waals surface area contributed by atoms with Crippen LogP contribution in [0.15, 0.2) is 30.3 Å². The summed E-state index contributed by atoms with van der Waals surface area (Å²) in [4.78, 5) is 2.26. The summed E-state index contributed by atoms with van der Waals surface area (Å²) in [5, 5.41) is 10.9. The van der Waals surface area contributed by atoms with Crippen LogP contribution in [-0.2, 0) is 5.60 Å². The largest absolute Gasteiger partial charge is 0.384 e. The fourth-order valence-corrected chi connectivity index (χ4v) is 2.84. The maximum absolute atomic E-state index is 10.9. The van der Waals surface area contributed by atoms with Crippen LogP contribution in [0.25, 0.3) is 0 Å². The van der Waals surface area contributed by atoms with Gasteiger partial charge in [-0.1, -0.05) is 37.3 Å². The molecule has 2 nitrogen and oxygen atoms in total. The molecule has 0 saturated heterocycles. The van der Waals surface area contributed by atoms with Crippen molar-refractivity contribution >= 4 is 0 Å². The molecule has 1 unspecified atom stereocenters. The second-order valence-electron chi connectivity index (χ2n) is 4.77. The second kappa shape index (κ2) is 4.56. The van der Waals surface area contributed by atoms with Crippen molar-refractivity contribution in [3.8, 4) is 0 Å². The zero-order chi connectivity index (χ0) is 11.6. The average molecular weight is 219 g/mol. The first-order chi connectivity index (χ1) is 7.68. The van der Waals surface area contributed by atoms with Crippen LogP contribution in [0.4, 0.5) is 0 Å². The maximum atomic E-state index is 10.9. The van der Waals surface area contributed by atoms with Gasteiger partial charge < -0.3 is 10.0 Å². The van der Waals surface area contributed by atoms with E-state index in [9.17, 15) is 5.11 Å². The van der Waals surface area contributed by atoms with E-state index < -0.39 is 5.60 Å². The monoisotopic (exact) mass is 219 g/mol. The minimum absolute atomic E-state index is 0.264. The van der Waals surface area contributed by atoms with Gasteiger partial charge in [0, 0.05) is 6.04 Å². The molecule has 1 fully saturated rings. The average Bonchev–Trinajstić information content (AvgIpc) is 2.73. The number of hydrogen-bond donors (Lipinski definition) is 1. The first-order valence-electron chi connectivity index (χ1n) is 6.16. The Bertz CT molecular complexity index is 338. The van der Waals surface area contributed by atoms with Gasteiger partial charge in [-0.15, -0.1) is 0 Å². The van der Waals surface area contributed by atoms with Crippen molar-refractivity contribution < 1.29 is 5.11 Å². The van der Waals surface area contributed by atoms with E-state index in [0.717, 1.165) is 31.4 Å². The summed E-state index contributed by atoms with van der Waals surface area (Å²) in [5.74, 6) is 0. The second-order valence-corrected chi connectivity index (χ2v) is 4.77. The Balaban J connectivity index is 2.29. The van der Waals surface area contributed by atoms with E-state index in [1.807, 2.05) is 30.3 Å². The van der Waals surface area contributed by atoms with Crippen molar-refractivity contribution in [3.05, 3.63) is 35.9 Å². The zero-order valence-corrected chi connectivity index (χ0v) is 10.2. The van der Waals surface area contributed by atoms with Crippen molar-refractivity contribution in [2.75, 3.05) is 13.6 Å². The Kier molecular flexibility index (Phi) is 3.31. The molecule has 0 bridgehead atoms. The third-order valence-electron chi connectivity index (χ3n) is 3.89. The molecular formula is C14H21NO. The number of rotatable bonds is 3. The Morgan fingerprint density at radius 3 is 2.69 bits per heavy atom. The van der Waals surface area contributed by atoms with E-state index in [1.54, 1.807) is 0 Å². The Morgan fingerprint density at radius 1 is 1.38 bits per heavy atom. The predicted molar refractivity (Wildman–Crippen MR) is 66.3 cm³/mol. The van der Waals surface area contributed by atoms with E-state index in [0.29, 0.717) is 0 Å². The Morgan fingerprint density at radius 2 is 2.06 bits per heavy atom. The molecule has 2 atom stereocenters. The van der Waals surface area contributed by atoms with Crippen LogP contribution in [0.5, 0.6) is 0 Å². The van der Waals surface area contributed by atoms with Crippen molar-refractivity contribution in [2.45, 2.75) is 37.8 Å². The van der Waals surface area contributed by atoms with E-state index in [2.05, 4.69) is 18.9 Å². The molecule has 0 amide bonds. The van der Waals surface area contributed by atoms with Gasteiger partial charge in [-0.25, -0.2) is 0 Å². The van der Waals surface area contributed by atoms with Gasteiger partial charge >= 0.3 is 0 Å². The van der Waals surface area contributed by atoms with Crippen molar-refractivity contribution in [3.63, 3.8) is 0 Å². The smallest absolute Gasteiger partial charge is 0.105 e. The number of likely N-dealkylation sites (N-methyl/N-ethyl adjacent to an activating group) is 1. The van der Waals surface area contributed by atoms with Crippen molar-refractivity contribution in [1.29, 1.82) is 0 Å². The summed E-state index contributed by atoms with van der Waals surface area (Å²) in [6, 6.07) is 10.4. The predicted octanol–water partition coefficient (Wildman–Crippen LogP) is 2.38.